The SMILES string of the molecule is CCc1ccc(C(O)C2(OC)CCCCCC2)cc1. The number of aryl methyl sites for hydroxylation is 1. The van der Waals surface area contributed by atoms with E-state index < -0.39 is 6.10 Å². The molecule has 0 amide bonds. The van der Waals surface area contributed by atoms with Gasteiger partial charge in [-0.15, -0.1) is 0 Å². The molecule has 19 heavy (non-hydrogen) atoms. The number of hydrogen-bond donors (Lipinski definition) is 1. The lowest BCUT2D eigenvalue weighted by Crippen LogP contribution is -2.38. The van der Waals surface area contributed by atoms with E-state index in [1.165, 1.54) is 18.4 Å². The van der Waals surface area contributed by atoms with Crippen molar-refractivity contribution in [2.24, 2.45) is 0 Å². The van der Waals surface area contributed by atoms with Crippen LogP contribution in [0.5, 0.6) is 0 Å². The molecule has 0 aromatic heterocycles. The van der Waals surface area contributed by atoms with E-state index in [0.29, 0.717) is 0 Å². The quantitative estimate of drug-likeness (QED) is 0.830. The maximum Gasteiger partial charge on any atom is 0.108 e. The van der Waals surface area contributed by atoms with Gasteiger partial charge in [-0.25, -0.2) is 0 Å². The predicted octanol–water partition coefficient (Wildman–Crippen LogP) is 4.02. The molecule has 1 aliphatic carbocycles. The Bertz CT molecular complexity index is 375. The van der Waals surface area contributed by atoms with Crippen LogP contribution in [0.4, 0.5) is 0 Å². The van der Waals surface area contributed by atoms with Crippen molar-refractivity contribution in [3.63, 3.8) is 0 Å². The maximum absolute atomic E-state index is 10.8. The van der Waals surface area contributed by atoms with Crippen molar-refractivity contribution in [1.82, 2.24) is 0 Å². The van der Waals surface area contributed by atoms with E-state index in [1.54, 1.807) is 7.11 Å². The monoisotopic (exact) mass is 262 g/mol. The van der Waals surface area contributed by atoms with Crippen molar-refractivity contribution >= 4 is 0 Å². The second kappa shape index (κ2) is 6.53. The molecule has 1 aromatic rings. The molecule has 0 radical (unpaired) electrons. The first-order valence-corrected chi connectivity index (χ1v) is 7.54. The summed E-state index contributed by atoms with van der Waals surface area (Å²) in [5.41, 5.74) is 1.91. The molecule has 0 saturated heterocycles. The Morgan fingerprint density at radius 3 is 2.16 bits per heavy atom. The van der Waals surface area contributed by atoms with Gasteiger partial charge in [-0.05, 0) is 30.4 Å². The summed E-state index contributed by atoms with van der Waals surface area (Å²) in [5.74, 6) is 0. The standard InChI is InChI=1S/C17H26O2/c1-3-14-8-10-15(11-9-14)16(18)17(19-2)12-6-4-5-7-13-17/h8-11,16,18H,3-7,12-13H2,1-2H3. The van der Waals surface area contributed by atoms with Crippen LogP contribution in [0.25, 0.3) is 0 Å². The molecule has 0 heterocycles. The van der Waals surface area contributed by atoms with Gasteiger partial charge in [-0.2, -0.15) is 0 Å². The zero-order valence-corrected chi connectivity index (χ0v) is 12.2. The summed E-state index contributed by atoms with van der Waals surface area (Å²) in [4.78, 5) is 0. The third-order valence-corrected chi connectivity index (χ3v) is 4.56. The fourth-order valence-electron chi connectivity index (χ4n) is 3.16. The molecular weight excluding hydrogens is 236 g/mol. The first-order chi connectivity index (χ1) is 9.22. The van der Waals surface area contributed by atoms with Crippen molar-refractivity contribution in [3.8, 4) is 0 Å². The van der Waals surface area contributed by atoms with Crippen LogP contribution in [0.2, 0.25) is 0 Å². The van der Waals surface area contributed by atoms with Gasteiger partial charge in [0.25, 0.3) is 0 Å². The number of rotatable bonds is 4. The Morgan fingerprint density at radius 1 is 1.11 bits per heavy atom. The molecule has 1 N–H and O–H groups in total. The number of aliphatic hydroxyl groups is 1. The summed E-state index contributed by atoms with van der Waals surface area (Å²) in [6.45, 7) is 2.15. The van der Waals surface area contributed by atoms with Gasteiger partial charge in [-0.1, -0.05) is 56.9 Å². The van der Waals surface area contributed by atoms with Gasteiger partial charge in [0.05, 0.1) is 5.60 Å². The summed E-state index contributed by atoms with van der Waals surface area (Å²) < 4.78 is 5.78. The Labute approximate surface area is 116 Å². The largest absolute Gasteiger partial charge is 0.385 e. The summed E-state index contributed by atoms with van der Waals surface area (Å²) in [7, 11) is 1.74. The molecule has 2 rings (SSSR count). The van der Waals surface area contributed by atoms with E-state index in [0.717, 1.165) is 37.7 Å². The average Bonchev–Trinajstić information content (AvgIpc) is 2.73. The van der Waals surface area contributed by atoms with Gasteiger partial charge >= 0.3 is 0 Å². The molecule has 106 valence electrons. The van der Waals surface area contributed by atoms with Gasteiger partial charge in [-0.3, -0.25) is 0 Å². The molecule has 0 bridgehead atoms. The van der Waals surface area contributed by atoms with Crippen molar-refractivity contribution < 1.29 is 9.84 Å². The van der Waals surface area contributed by atoms with Crippen molar-refractivity contribution in [1.29, 1.82) is 0 Å². The van der Waals surface area contributed by atoms with Crippen molar-refractivity contribution in [2.45, 2.75) is 63.6 Å². The normalized spacial score (nSPS) is 20.8. The van der Waals surface area contributed by atoms with Crippen LogP contribution >= 0.6 is 0 Å². The summed E-state index contributed by atoms with van der Waals surface area (Å²) in [6, 6.07) is 8.32. The number of hydrogen-bond acceptors (Lipinski definition) is 2. The first-order valence-electron chi connectivity index (χ1n) is 7.54. The van der Waals surface area contributed by atoms with Crippen LogP contribution in [-0.2, 0) is 11.2 Å². The molecule has 2 nitrogen and oxygen atoms in total. The highest BCUT2D eigenvalue weighted by molar-refractivity contribution is 5.26. The van der Waals surface area contributed by atoms with Crippen LogP contribution in [0.1, 0.15) is 62.7 Å². The Balaban J connectivity index is 2.20. The zero-order valence-electron chi connectivity index (χ0n) is 12.2. The Hall–Kier alpha value is -0.860. The second-order valence-electron chi connectivity index (χ2n) is 5.68. The molecular formula is C17H26O2. The van der Waals surface area contributed by atoms with Crippen LogP contribution < -0.4 is 0 Å². The van der Waals surface area contributed by atoms with Gasteiger partial charge in [0.1, 0.15) is 6.10 Å². The van der Waals surface area contributed by atoms with Crippen molar-refractivity contribution in [2.75, 3.05) is 7.11 Å². The second-order valence-corrected chi connectivity index (χ2v) is 5.68. The predicted molar refractivity (Wildman–Crippen MR) is 78.2 cm³/mol. The van der Waals surface area contributed by atoms with Crippen LogP contribution in [0.3, 0.4) is 0 Å². The van der Waals surface area contributed by atoms with Gasteiger partial charge in [0.15, 0.2) is 0 Å². The van der Waals surface area contributed by atoms with Crippen LogP contribution in [-0.4, -0.2) is 17.8 Å². The molecule has 1 atom stereocenters. The minimum Gasteiger partial charge on any atom is -0.385 e. The molecule has 1 fully saturated rings. The molecule has 1 aliphatic rings. The van der Waals surface area contributed by atoms with Crippen LogP contribution in [0.15, 0.2) is 24.3 Å². The number of methoxy groups -OCH3 is 1. The molecule has 1 unspecified atom stereocenters. The molecule has 2 heteroatoms. The third-order valence-electron chi connectivity index (χ3n) is 4.56. The van der Waals surface area contributed by atoms with E-state index in [-0.39, 0.29) is 5.60 Å². The number of benzene rings is 1. The highest BCUT2D eigenvalue weighted by Crippen LogP contribution is 2.40. The van der Waals surface area contributed by atoms with E-state index in [4.69, 9.17) is 4.74 Å². The minimum atomic E-state index is -0.512. The van der Waals surface area contributed by atoms with Crippen LogP contribution in [0, 0.1) is 0 Å². The lowest BCUT2D eigenvalue weighted by Gasteiger charge is -2.36. The lowest BCUT2D eigenvalue weighted by atomic mass is 9.84. The average molecular weight is 262 g/mol. The summed E-state index contributed by atoms with van der Waals surface area (Å²) in [5, 5.41) is 10.8. The summed E-state index contributed by atoms with van der Waals surface area (Å²) in [6.07, 6.45) is 7.25. The van der Waals surface area contributed by atoms with E-state index >= 15 is 0 Å². The molecule has 0 aliphatic heterocycles. The summed E-state index contributed by atoms with van der Waals surface area (Å²) >= 11 is 0. The lowest BCUT2D eigenvalue weighted by molar-refractivity contribution is -0.114. The highest BCUT2D eigenvalue weighted by atomic mass is 16.5. The zero-order chi connectivity index (χ0) is 13.7. The Morgan fingerprint density at radius 2 is 1.68 bits per heavy atom. The van der Waals surface area contributed by atoms with Gasteiger partial charge < -0.3 is 9.84 Å². The first kappa shape index (κ1) is 14.5. The van der Waals surface area contributed by atoms with E-state index in [2.05, 4.69) is 31.2 Å². The minimum absolute atomic E-state index is 0.385. The highest BCUT2D eigenvalue weighted by Gasteiger charge is 2.39. The molecule has 0 spiro atoms. The number of aliphatic hydroxyl groups excluding tert-OH is 1. The Kier molecular flexibility index (Phi) is 5.00. The van der Waals surface area contributed by atoms with Gasteiger partial charge in [0, 0.05) is 7.11 Å². The topological polar surface area (TPSA) is 29.5 Å². The fraction of sp³-hybridized carbons (Fsp3) is 0.647. The van der Waals surface area contributed by atoms with E-state index in [9.17, 15) is 5.11 Å². The van der Waals surface area contributed by atoms with E-state index in [1.807, 2.05) is 0 Å². The number of ether oxygens (including phenoxy) is 1. The molecule has 1 saturated carbocycles. The maximum atomic E-state index is 10.8. The van der Waals surface area contributed by atoms with Gasteiger partial charge in [0.2, 0.25) is 0 Å². The van der Waals surface area contributed by atoms with Crippen molar-refractivity contribution in [3.05, 3.63) is 35.4 Å². The third kappa shape index (κ3) is 3.18. The smallest absolute Gasteiger partial charge is 0.108 e. The fourth-order valence-corrected chi connectivity index (χ4v) is 3.16. The molecule has 1 aromatic carbocycles.